The molecule has 0 amide bonds. The van der Waals surface area contributed by atoms with E-state index in [4.69, 9.17) is 0 Å². The number of rotatable bonds is 2. The molecule has 0 saturated carbocycles. The van der Waals surface area contributed by atoms with Crippen LogP contribution in [-0.2, 0) is 0 Å². The molecule has 0 saturated heterocycles. The molecule has 2 aromatic carbocycles. The van der Waals surface area contributed by atoms with Gasteiger partial charge in [-0.2, -0.15) is 0 Å². The van der Waals surface area contributed by atoms with Gasteiger partial charge in [-0.3, -0.25) is 0 Å². The molecular formula is C15H13Br3. The molecule has 1 atom stereocenters. The predicted octanol–water partition coefficient (Wildman–Crippen LogP) is 6.31. The molecule has 0 aromatic heterocycles. The van der Waals surface area contributed by atoms with E-state index in [0.717, 1.165) is 8.95 Å². The number of halogens is 3. The second kappa shape index (κ2) is 5.89. The Morgan fingerprint density at radius 2 is 1.50 bits per heavy atom. The molecule has 0 spiro atoms. The second-order valence-electron chi connectivity index (χ2n) is 4.43. The van der Waals surface area contributed by atoms with E-state index in [1.807, 2.05) is 6.07 Å². The molecule has 1 unspecified atom stereocenters. The minimum absolute atomic E-state index is 0.215. The van der Waals surface area contributed by atoms with Crippen LogP contribution in [0, 0.1) is 13.8 Å². The molecule has 0 radical (unpaired) electrons. The Morgan fingerprint density at radius 3 is 2.06 bits per heavy atom. The molecule has 0 aliphatic rings. The van der Waals surface area contributed by atoms with Gasteiger partial charge in [-0.1, -0.05) is 71.6 Å². The van der Waals surface area contributed by atoms with Crippen molar-refractivity contribution in [3.05, 3.63) is 67.6 Å². The van der Waals surface area contributed by atoms with Crippen LogP contribution >= 0.6 is 47.8 Å². The lowest BCUT2D eigenvalue weighted by atomic mass is 9.99. The molecule has 0 fully saturated rings. The summed E-state index contributed by atoms with van der Waals surface area (Å²) in [7, 11) is 0. The fourth-order valence-corrected chi connectivity index (χ4v) is 4.12. The molecule has 3 heteroatoms. The van der Waals surface area contributed by atoms with Gasteiger partial charge in [0, 0.05) is 8.95 Å². The normalized spacial score (nSPS) is 12.5. The fraction of sp³-hybridized carbons (Fsp3) is 0.200. The van der Waals surface area contributed by atoms with Crippen LogP contribution in [0.15, 0.2) is 45.3 Å². The van der Waals surface area contributed by atoms with Crippen molar-refractivity contribution in [3.63, 3.8) is 0 Å². The average Bonchev–Trinajstić information content (AvgIpc) is 2.26. The summed E-state index contributed by atoms with van der Waals surface area (Å²) >= 11 is 10.9. The lowest BCUT2D eigenvalue weighted by molar-refractivity contribution is 1.13. The van der Waals surface area contributed by atoms with Crippen LogP contribution in [0.3, 0.4) is 0 Å². The van der Waals surface area contributed by atoms with Gasteiger partial charge in [0.25, 0.3) is 0 Å². The van der Waals surface area contributed by atoms with Gasteiger partial charge in [-0.15, -0.1) is 0 Å². The maximum atomic E-state index is 3.80. The van der Waals surface area contributed by atoms with E-state index in [1.165, 1.54) is 22.3 Å². The van der Waals surface area contributed by atoms with Crippen LogP contribution in [0.25, 0.3) is 0 Å². The van der Waals surface area contributed by atoms with E-state index in [2.05, 4.69) is 92.0 Å². The summed E-state index contributed by atoms with van der Waals surface area (Å²) < 4.78 is 2.17. The Kier molecular flexibility index (Phi) is 4.68. The standard InChI is InChI=1S/C15H13Br3/c1-9-3-4-14(10(2)5-9)15(18)11-6-12(16)8-13(17)7-11/h3-8,15H,1-2H3. The highest BCUT2D eigenvalue weighted by Gasteiger charge is 2.13. The Morgan fingerprint density at radius 1 is 0.889 bits per heavy atom. The third kappa shape index (κ3) is 3.25. The molecule has 0 heterocycles. The molecule has 0 aliphatic heterocycles. The molecular weight excluding hydrogens is 420 g/mol. The van der Waals surface area contributed by atoms with Gasteiger partial charge in [0.2, 0.25) is 0 Å². The van der Waals surface area contributed by atoms with Crippen molar-refractivity contribution in [3.8, 4) is 0 Å². The lowest BCUT2D eigenvalue weighted by Gasteiger charge is -2.15. The number of hydrogen-bond donors (Lipinski definition) is 0. The third-order valence-electron chi connectivity index (χ3n) is 2.88. The zero-order valence-electron chi connectivity index (χ0n) is 10.2. The summed E-state index contributed by atoms with van der Waals surface area (Å²) in [5.41, 5.74) is 5.16. The van der Waals surface area contributed by atoms with Crippen molar-refractivity contribution in [1.82, 2.24) is 0 Å². The lowest BCUT2D eigenvalue weighted by Crippen LogP contribution is -1.96. The Bertz CT molecular complexity index is 556. The van der Waals surface area contributed by atoms with E-state index in [9.17, 15) is 0 Å². The first-order valence-corrected chi connectivity index (χ1v) is 8.15. The zero-order valence-corrected chi connectivity index (χ0v) is 14.9. The van der Waals surface area contributed by atoms with Crippen LogP contribution in [0.1, 0.15) is 27.1 Å². The summed E-state index contributed by atoms with van der Waals surface area (Å²) in [6.45, 7) is 4.28. The number of benzene rings is 2. The maximum Gasteiger partial charge on any atom is 0.0647 e. The van der Waals surface area contributed by atoms with Crippen molar-refractivity contribution in [2.45, 2.75) is 18.7 Å². The number of hydrogen-bond acceptors (Lipinski definition) is 0. The van der Waals surface area contributed by atoms with Gasteiger partial charge in [-0.05, 0) is 48.7 Å². The Balaban J connectivity index is 2.44. The molecule has 0 bridgehead atoms. The van der Waals surface area contributed by atoms with E-state index >= 15 is 0 Å². The highest BCUT2D eigenvalue weighted by molar-refractivity contribution is 9.11. The zero-order chi connectivity index (χ0) is 13.3. The van der Waals surface area contributed by atoms with Gasteiger partial charge in [0.1, 0.15) is 0 Å². The maximum absolute atomic E-state index is 3.80. The van der Waals surface area contributed by atoms with Gasteiger partial charge in [-0.25, -0.2) is 0 Å². The van der Waals surface area contributed by atoms with Crippen LogP contribution in [-0.4, -0.2) is 0 Å². The van der Waals surface area contributed by atoms with Crippen molar-refractivity contribution in [1.29, 1.82) is 0 Å². The summed E-state index contributed by atoms with van der Waals surface area (Å²) in [4.78, 5) is 0.215. The van der Waals surface area contributed by atoms with Crippen molar-refractivity contribution >= 4 is 47.8 Å². The third-order valence-corrected chi connectivity index (χ3v) is 4.81. The first kappa shape index (κ1) is 14.3. The summed E-state index contributed by atoms with van der Waals surface area (Å²) in [6.07, 6.45) is 0. The Labute approximate surface area is 133 Å². The van der Waals surface area contributed by atoms with Crippen LogP contribution in [0.5, 0.6) is 0 Å². The minimum atomic E-state index is 0.215. The summed E-state index contributed by atoms with van der Waals surface area (Å²) in [5.74, 6) is 0. The van der Waals surface area contributed by atoms with E-state index in [1.54, 1.807) is 0 Å². The molecule has 2 rings (SSSR count). The number of aryl methyl sites for hydroxylation is 2. The van der Waals surface area contributed by atoms with Crippen LogP contribution in [0.2, 0.25) is 0 Å². The largest absolute Gasteiger partial charge is 0.0786 e. The average molecular weight is 433 g/mol. The SMILES string of the molecule is Cc1ccc(C(Br)c2cc(Br)cc(Br)c2)c(C)c1. The van der Waals surface area contributed by atoms with Gasteiger partial charge >= 0.3 is 0 Å². The van der Waals surface area contributed by atoms with Crippen molar-refractivity contribution in [2.24, 2.45) is 0 Å². The number of alkyl halides is 1. The Hall–Kier alpha value is -0.120. The highest BCUT2D eigenvalue weighted by Crippen LogP contribution is 2.35. The van der Waals surface area contributed by atoms with E-state index in [0.29, 0.717) is 0 Å². The van der Waals surface area contributed by atoms with E-state index < -0.39 is 0 Å². The topological polar surface area (TPSA) is 0 Å². The van der Waals surface area contributed by atoms with Crippen molar-refractivity contribution in [2.75, 3.05) is 0 Å². The highest BCUT2D eigenvalue weighted by atomic mass is 79.9. The first-order chi connectivity index (χ1) is 8.47. The predicted molar refractivity (Wildman–Crippen MR) is 88.5 cm³/mol. The van der Waals surface area contributed by atoms with Gasteiger partial charge in [0.15, 0.2) is 0 Å². The smallest absolute Gasteiger partial charge is 0.0647 e. The van der Waals surface area contributed by atoms with Crippen LogP contribution in [0.4, 0.5) is 0 Å². The van der Waals surface area contributed by atoms with Crippen molar-refractivity contribution < 1.29 is 0 Å². The van der Waals surface area contributed by atoms with Crippen LogP contribution < -0.4 is 0 Å². The molecule has 0 N–H and O–H groups in total. The summed E-state index contributed by atoms with van der Waals surface area (Å²) in [6, 6.07) is 12.9. The summed E-state index contributed by atoms with van der Waals surface area (Å²) in [5, 5.41) is 0. The monoisotopic (exact) mass is 430 g/mol. The quantitative estimate of drug-likeness (QED) is 0.487. The minimum Gasteiger partial charge on any atom is -0.0786 e. The molecule has 0 nitrogen and oxygen atoms in total. The molecule has 18 heavy (non-hydrogen) atoms. The molecule has 0 aliphatic carbocycles. The van der Waals surface area contributed by atoms with E-state index in [-0.39, 0.29) is 4.83 Å². The molecule has 94 valence electrons. The van der Waals surface area contributed by atoms with Gasteiger partial charge in [0.05, 0.1) is 4.83 Å². The second-order valence-corrected chi connectivity index (χ2v) is 7.17. The first-order valence-electron chi connectivity index (χ1n) is 5.64. The molecule has 2 aromatic rings. The fourth-order valence-electron chi connectivity index (χ4n) is 2.01. The van der Waals surface area contributed by atoms with Gasteiger partial charge < -0.3 is 0 Å².